The average Bonchev–Trinajstić information content (AvgIpc) is 2.60. The lowest BCUT2D eigenvalue weighted by Gasteiger charge is -2.38. The van der Waals surface area contributed by atoms with Gasteiger partial charge < -0.3 is 10.2 Å². The highest BCUT2D eigenvalue weighted by Gasteiger charge is 2.39. The van der Waals surface area contributed by atoms with Crippen LogP contribution < -0.4 is 9.59 Å². The zero-order chi connectivity index (χ0) is 11.2. The second-order valence-corrected chi connectivity index (χ2v) is 5.08. The fourth-order valence-corrected chi connectivity index (χ4v) is 3.28. The summed E-state index contributed by atoms with van der Waals surface area (Å²) < 4.78 is 0.991. The molecule has 0 saturated carbocycles. The molecule has 1 aromatic carbocycles. The largest absolute Gasteiger partial charge is 0.870 e. The van der Waals surface area contributed by atoms with E-state index in [2.05, 4.69) is 0 Å². The Balaban J connectivity index is 2.07. The van der Waals surface area contributed by atoms with E-state index in [1.807, 2.05) is 0 Å². The maximum absolute atomic E-state index is 11.5. The summed E-state index contributed by atoms with van der Waals surface area (Å²) in [7, 11) is 0. The van der Waals surface area contributed by atoms with Crippen LogP contribution in [0.15, 0.2) is 12.1 Å². The van der Waals surface area contributed by atoms with Gasteiger partial charge in [0.2, 0.25) is 0 Å². The van der Waals surface area contributed by atoms with Crippen molar-refractivity contribution >= 4 is 5.69 Å². The van der Waals surface area contributed by atoms with Crippen LogP contribution in [-0.4, -0.2) is 24.7 Å². The highest BCUT2D eigenvalue weighted by molar-refractivity contribution is 5.61. The van der Waals surface area contributed by atoms with Gasteiger partial charge in [-0.1, -0.05) is 5.75 Å². The first-order valence-corrected chi connectivity index (χ1v) is 6.11. The standard InChI is InChI=1S/C13H17NO2/c15-12-8-10-4-7-14(5-2-1-3-6-14)11(10)9-13(12)16/h8-9H,1-7H2,(H-,15,16). The van der Waals surface area contributed by atoms with E-state index in [4.69, 9.17) is 0 Å². The molecular weight excluding hydrogens is 202 g/mol. The Morgan fingerprint density at radius 3 is 2.56 bits per heavy atom. The molecule has 0 amide bonds. The molecular formula is C13H17NO2. The molecule has 86 valence electrons. The zero-order valence-corrected chi connectivity index (χ0v) is 9.41. The first-order valence-electron chi connectivity index (χ1n) is 6.11. The Bertz CT molecular complexity index is 422. The van der Waals surface area contributed by atoms with Crippen LogP contribution in [0.2, 0.25) is 0 Å². The Morgan fingerprint density at radius 1 is 1.06 bits per heavy atom. The van der Waals surface area contributed by atoms with Crippen molar-refractivity contribution in [2.45, 2.75) is 25.7 Å². The van der Waals surface area contributed by atoms with Gasteiger partial charge in [-0.25, -0.2) is 0 Å². The molecule has 16 heavy (non-hydrogen) atoms. The van der Waals surface area contributed by atoms with Crippen molar-refractivity contribution in [1.29, 1.82) is 0 Å². The van der Waals surface area contributed by atoms with Gasteiger partial charge in [-0.2, -0.15) is 0 Å². The van der Waals surface area contributed by atoms with Crippen LogP contribution in [0.3, 0.4) is 0 Å². The molecule has 0 bridgehead atoms. The molecule has 0 atom stereocenters. The molecule has 0 unspecified atom stereocenters. The minimum Gasteiger partial charge on any atom is -0.870 e. The predicted octanol–water partition coefficient (Wildman–Crippen LogP) is 1.51. The summed E-state index contributed by atoms with van der Waals surface area (Å²) in [5.74, 6) is -0.306. The summed E-state index contributed by atoms with van der Waals surface area (Å²) in [5.41, 5.74) is 2.36. The van der Waals surface area contributed by atoms with Crippen LogP contribution in [0.25, 0.3) is 0 Å². The number of piperidine rings is 1. The van der Waals surface area contributed by atoms with Crippen molar-refractivity contribution in [2.75, 3.05) is 19.6 Å². The molecule has 1 N–H and O–H groups in total. The number of nitrogens with zero attached hydrogens (tertiary/aromatic N) is 1. The summed E-state index contributed by atoms with van der Waals surface area (Å²) in [6.07, 6.45) is 4.84. The van der Waals surface area contributed by atoms with Gasteiger partial charge >= 0.3 is 0 Å². The van der Waals surface area contributed by atoms with E-state index in [1.165, 1.54) is 30.5 Å². The summed E-state index contributed by atoms with van der Waals surface area (Å²) in [5, 5.41) is 21.0. The summed E-state index contributed by atoms with van der Waals surface area (Å²) in [4.78, 5) is 0. The van der Waals surface area contributed by atoms with Gasteiger partial charge in [0, 0.05) is 12.0 Å². The molecule has 2 aliphatic rings. The van der Waals surface area contributed by atoms with E-state index in [0.717, 1.165) is 30.5 Å². The summed E-state index contributed by atoms with van der Waals surface area (Å²) in [6, 6.07) is 3.35. The molecule has 0 radical (unpaired) electrons. The number of quaternary nitrogens is 1. The number of aromatic hydroxyl groups is 1. The first kappa shape index (κ1) is 9.97. The van der Waals surface area contributed by atoms with E-state index in [0.29, 0.717) is 0 Å². The molecule has 2 heterocycles. The lowest BCUT2D eigenvalue weighted by molar-refractivity contribution is -0.270. The Labute approximate surface area is 95.5 Å². The minimum atomic E-state index is -0.219. The molecule has 3 rings (SSSR count). The molecule has 3 heteroatoms. The normalized spacial score (nSPS) is 22.2. The third-order valence-electron chi connectivity index (χ3n) is 4.15. The number of phenols is 1. The van der Waals surface area contributed by atoms with Crippen LogP contribution in [0.4, 0.5) is 5.69 Å². The van der Waals surface area contributed by atoms with Gasteiger partial charge in [-0.15, -0.1) is 0 Å². The number of hydrogen-bond donors (Lipinski definition) is 1. The Kier molecular flexibility index (Phi) is 2.11. The predicted molar refractivity (Wildman–Crippen MR) is 61.5 cm³/mol. The van der Waals surface area contributed by atoms with Crippen LogP contribution >= 0.6 is 0 Å². The molecule has 3 nitrogen and oxygen atoms in total. The van der Waals surface area contributed by atoms with Crippen molar-refractivity contribution in [3.05, 3.63) is 17.7 Å². The van der Waals surface area contributed by atoms with Crippen LogP contribution in [-0.2, 0) is 6.42 Å². The van der Waals surface area contributed by atoms with Gasteiger partial charge in [-0.05, 0) is 31.4 Å². The maximum Gasteiger partial charge on any atom is 0.135 e. The van der Waals surface area contributed by atoms with Crippen LogP contribution in [0.5, 0.6) is 11.5 Å². The minimum absolute atomic E-state index is 0.0872. The monoisotopic (exact) mass is 219 g/mol. The third-order valence-corrected chi connectivity index (χ3v) is 4.15. The lowest BCUT2D eigenvalue weighted by atomic mass is 10.1. The van der Waals surface area contributed by atoms with Crippen molar-refractivity contribution in [3.63, 3.8) is 0 Å². The second kappa shape index (κ2) is 3.39. The fraction of sp³-hybridized carbons (Fsp3) is 0.538. The molecule has 0 aromatic heterocycles. The summed E-state index contributed by atoms with van der Waals surface area (Å²) in [6.45, 7) is 3.44. The number of hydrogen-bond acceptors (Lipinski definition) is 2. The molecule has 2 aliphatic heterocycles. The van der Waals surface area contributed by atoms with Gasteiger partial charge in [0.1, 0.15) is 11.4 Å². The molecule has 1 aromatic rings. The van der Waals surface area contributed by atoms with E-state index >= 15 is 0 Å². The smallest absolute Gasteiger partial charge is 0.135 e. The van der Waals surface area contributed by atoms with Crippen LogP contribution in [0, 0.1) is 0 Å². The maximum atomic E-state index is 11.5. The quantitative estimate of drug-likeness (QED) is 0.672. The second-order valence-electron chi connectivity index (χ2n) is 5.08. The van der Waals surface area contributed by atoms with Crippen molar-refractivity contribution < 1.29 is 10.2 Å². The third kappa shape index (κ3) is 1.31. The Hall–Kier alpha value is -1.22. The highest BCUT2D eigenvalue weighted by atomic mass is 16.3. The van der Waals surface area contributed by atoms with Crippen molar-refractivity contribution in [3.8, 4) is 11.5 Å². The van der Waals surface area contributed by atoms with E-state index in [9.17, 15) is 10.2 Å². The molecule has 1 fully saturated rings. The van der Waals surface area contributed by atoms with E-state index in [1.54, 1.807) is 12.1 Å². The summed E-state index contributed by atoms with van der Waals surface area (Å²) >= 11 is 0. The van der Waals surface area contributed by atoms with E-state index in [-0.39, 0.29) is 11.5 Å². The average molecular weight is 219 g/mol. The topological polar surface area (TPSA) is 43.3 Å². The SMILES string of the molecule is [O-]c1cc2c(cc1O)CC[N+]21CCCCC1. The van der Waals surface area contributed by atoms with Crippen molar-refractivity contribution in [1.82, 2.24) is 4.48 Å². The van der Waals surface area contributed by atoms with Crippen LogP contribution in [0.1, 0.15) is 24.8 Å². The van der Waals surface area contributed by atoms with Gasteiger partial charge in [0.15, 0.2) is 0 Å². The molecule has 0 aliphatic carbocycles. The molecule has 1 saturated heterocycles. The van der Waals surface area contributed by atoms with Gasteiger partial charge in [0.05, 0.1) is 19.6 Å². The van der Waals surface area contributed by atoms with Gasteiger partial charge in [0.25, 0.3) is 0 Å². The zero-order valence-electron chi connectivity index (χ0n) is 9.41. The highest BCUT2D eigenvalue weighted by Crippen LogP contribution is 2.42. The Morgan fingerprint density at radius 2 is 1.81 bits per heavy atom. The van der Waals surface area contributed by atoms with Gasteiger partial charge in [-0.3, -0.25) is 4.48 Å². The number of benzene rings is 1. The van der Waals surface area contributed by atoms with E-state index < -0.39 is 0 Å². The first-order chi connectivity index (χ1) is 7.71. The number of fused-ring (bicyclic) bond motifs is 2. The van der Waals surface area contributed by atoms with Crippen molar-refractivity contribution in [2.24, 2.45) is 0 Å². The fourth-order valence-electron chi connectivity index (χ4n) is 3.28. The lowest BCUT2D eigenvalue weighted by Crippen LogP contribution is -2.51. The number of phenolic OH excluding ortho intramolecular Hbond substituents is 1. The molecule has 1 spiro atoms. The number of rotatable bonds is 0.